The number of hydrogen-bond acceptors (Lipinski definition) is 4. The fourth-order valence-electron chi connectivity index (χ4n) is 1.66. The summed E-state index contributed by atoms with van der Waals surface area (Å²) < 4.78 is 0. The topological polar surface area (TPSA) is 38.9 Å². The van der Waals surface area contributed by atoms with E-state index < -0.39 is 0 Å². The van der Waals surface area contributed by atoms with E-state index in [1.807, 2.05) is 0 Å². The summed E-state index contributed by atoms with van der Waals surface area (Å²) >= 11 is 3.54. The lowest BCUT2D eigenvalue weighted by Crippen LogP contribution is -2.08. The Morgan fingerprint density at radius 2 is 2.19 bits per heavy atom. The van der Waals surface area contributed by atoms with Gasteiger partial charge in [0.25, 0.3) is 0 Å². The van der Waals surface area contributed by atoms with Crippen LogP contribution < -0.4 is 5.73 Å². The molecular weight excluding hydrogens is 236 g/mol. The van der Waals surface area contributed by atoms with Gasteiger partial charge in [-0.3, -0.25) is 0 Å². The van der Waals surface area contributed by atoms with E-state index in [1.54, 1.807) is 22.7 Å². The molecule has 2 aromatic rings. The molecule has 0 amide bonds. The molecule has 2 N–H and O–H groups in total. The van der Waals surface area contributed by atoms with Gasteiger partial charge in [0.05, 0.1) is 10.6 Å². The van der Waals surface area contributed by atoms with Crippen LogP contribution in [0.5, 0.6) is 0 Å². The average molecular weight is 252 g/mol. The lowest BCUT2D eigenvalue weighted by molar-refractivity contribution is 0.780. The largest absolute Gasteiger partial charge is 0.330 e. The highest BCUT2D eigenvalue weighted by Gasteiger charge is 2.15. The van der Waals surface area contributed by atoms with Gasteiger partial charge in [-0.25, -0.2) is 4.98 Å². The predicted octanol–water partition coefficient (Wildman–Crippen LogP) is 3.55. The molecule has 2 heterocycles. The Morgan fingerprint density at radius 1 is 1.44 bits per heavy atom. The Morgan fingerprint density at radius 3 is 2.75 bits per heavy atom. The quantitative estimate of drug-likeness (QED) is 0.907. The van der Waals surface area contributed by atoms with E-state index >= 15 is 0 Å². The van der Waals surface area contributed by atoms with Crippen LogP contribution in [0.4, 0.5) is 0 Å². The van der Waals surface area contributed by atoms with Crippen molar-refractivity contribution >= 4 is 22.7 Å². The first-order chi connectivity index (χ1) is 7.63. The molecule has 0 radical (unpaired) electrons. The summed E-state index contributed by atoms with van der Waals surface area (Å²) in [6.07, 6.45) is 0. The molecule has 0 aromatic carbocycles. The van der Waals surface area contributed by atoms with Crippen LogP contribution in [0.15, 0.2) is 11.4 Å². The fraction of sp³-hybridized carbons (Fsp3) is 0.417. The van der Waals surface area contributed by atoms with Crippen LogP contribution in [-0.2, 0) is 0 Å². The third-order valence-electron chi connectivity index (χ3n) is 2.69. The van der Waals surface area contributed by atoms with Crippen molar-refractivity contribution in [2.24, 2.45) is 5.73 Å². The number of aromatic nitrogens is 1. The monoisotopic (exact) mass is 252 g/mol. The zero-order valence-electron chi connectivity index (χ0n) is 9.78. The molecule has 2 aromatic heterocycles. The smallest absolute Gasteiger partial charge is 0.134 e. The SMILES string of the molecule is Cc1ccsc1-c1nc(C)c(C(C)CN)s1. The molecule has 2 rings (SSSR count). The van der Waals surface area contributed by atoms with Crippen molar-refractivity contribution in [3.63, 3.8) is 0 Å². The van der Waals surface area contributed by atoms with Crippen molar-refractivity contribution in [2.75, 3.05) is 6.54 Å². The molecule has 1 unspecified atom stereocenters. The maximum Gasteiger partial charge on any atom is 0.134 e. The van der Waals surface area contributed by atoms with Gasteiger partial charge in [0.15, 0.2) is 0 Å². The van der Waals surface area contributed by atoms with Crippen molar-refractivity contribution in [1.29, 1.82) is 0 Å². The minimum atomic E-state index is 0.409. The third kappa shape index (κ3) is 2.05. The number of nitrogens with two attached hydrogens (primary N) is 1. The highest BCUT2D eigenvalue weighted by atomic mass is 32.1. The second kappa shape index (κ2) is 4.65. The Hall–Kier alpha value is -0.710. The summed E-state index contributed by atoms with van der Waals surface area (Å²) in [7, 11) is 0. The highest BCUT2D eigenvalue weighted by Crippen LogP contribution is 2.36. The van der Waals surface area contributed by atoms with Crippen molar-refractivity contribution in [3.8, 4) is 9.88 Å². The normalized spacial score (nSPS) is 13.0. The summed E-state index contributed by atoms with van der Waals surface area (Å²) in [5.74, 6) is 0.409. The molecule has 0 saturated carbocycles. The molecule has 2 nitrogen and oxygen atoms in total. The molecule has 0 saturated heterocycles. The van der Waals surface area contributed by atoms with Crippen LogP contribution >= 0.6 is 22.7 Å². The number of thiazole rings is 1. The first kappa shape index (κ1) is 11.8. The van der Waals surface area contributed by atoms with Crippen molar-refractivity contribution < 1.29 is 0 Å². The summed E-state index contributed by atoms with van der Waals surface area (Å²) in [6.45, 7) is 7.05. The number of thiophene rings is 1. The van der Waals surface area contributed by atoms with Gasteiger partial charge in [-0.05, 0) is 37.4 Å². The second-order valence-electron chi connectivity index (χ2n) is 4.04. The third-order valence-corrected chi connectivity index (χ3v) is 5.25. The van der Waals surface area contributed by atoms with Gasteiger partial charge in [-0.1, -0.05) is 6.92 Å². The van der Waals surface area contributed by atoms with Crippen LogP contribution in [0.25, 0.3) is 9.88 Å². The highest BCUT2D eigenvalue weighted by molar-refractivity contribution is 7.21. The lowest BCUT2D eigenvalue weighted by Gasteiger charge is -2.04. The molecule has 16 heavy (non-hydrogen) atoms. The molecule has 0 aliphatic heterocycles. The van der Waals surface area contributed by atoms with Gasteiger partial charge in [0, 0.05) is 10.8 Å². The summed E-state index contributed by atoms with van der Waals surface area (Å²) in [4.78, 5) is 7.28. The van der Waals surface area contributed by atoms with Crippen molar-refractivity contribution in [2.45, 2.75) is 26.7 Å². The number of nitrogens with zero attached hydrogens (tertiary/aromatic N) is 1. The Balaban J connectivity index is 2.42. The Bertz CT molecular complexity index is 485. The minimum Gasteiger partial charge on any atom is -0.330 e. The van der Waals surface area contributed by atoms with E-state index in [-0.39, 0.29) is 0 Å². The lowest BCUT2D eigenvalue weighted by atomic mass is 10.1. The average Bonchev–Trinajstić information content (AvgIpc) is 2.83. The number of rotatable bonds is 3. The molecule has 0 bridgehead atoms. The van der Waals surface area contributed by atoms with E-state index in [4.69, 9.17) is 5.73 Å². The minimum absolute atomic E-state index is 0.409. The molecule has 4 heteroatoms. The van der Waals surface area contributed by atoms with Crippen LogP contribution in [-0.4, -0.2) is 11.5 Å². The molecular formula is C12H16N2S2. The zero-order valence-corrected chi connectivity index (χ0v) is 11.4. The first-order valence-electron chi connectivity index (χ1n) is 5.35. The first-order valence-corrected chi connectivity index (χ1v) is 7.05. The van der Waals surface area contributed by atoms with Gasteiger partial charge >= 0.3 is 0 Å². The number of aryl methyl sites for hydroxylation is 2. The van der Waals surface area contributed by atoms with Crippen molar-refractivity contribution in [3.05, 3.63) is 27.6 Å². The molecule has 86 valence electrons. The van der Waals surface area contributed by atoms with E-state index in [0.29, 0.717) is 12.5 Å². The van der Waals surface area contributed by atoms with Gasteiger partial charge in [0.1, 0.15) is 5.01 Å². The summed E-state index contributed by atoms with van der Waals surface area (Å²) in [5, 5.41) is 3.26. The van der Waals surface area contributed by atoms with Gasteiger partial charge in [-0.2, -0.15) is 0 Å². The fourth-order valence-corrected chi connectivity index (χ4v) is 3.87. The van der Waals surface area contributed by atoms with E-state index in [1.165, 1.54) is 15.3 Å². The maximum atomic E-state index is 5.71. The molecule has 0 fully saturated rings. The van der Waals surface area contributed by atoms with Crippen LogP contribution in [0.1, 0.15) is 29.0 Å². The van der Waals surface area contributed by atoms with Crippen LogP contribution in [0, 0.1) is 13.8 Å². The van der Waals surface area contributed by atoms with Gasteiger partial charge in [0.2, 0.25) is 0 Å². The summed E-state index contributed by atoms with van der Waals surface area (Å²) in [6, 6.07) is 2.14. The maximum absolute atomic E-state index is 5.71. The van der Waals surface area contributed by atoms with Crippen LogP contribution in [0.3, 0.4) is 0 Å². The second-order valence-corrected chi connectivity index (χ2v) is 5.98. The van der Waals surface area contributed by atoms with Gasteiger partial charge < -0.3 is 5.73 Å². The Labute approximate surface area is 104 Å². The summed E-state index contributed by atoms with van der Waals surface area (Å²) in [5.41, 5.74) is 8.15. The van der Waals surface area contributed by atoms with E-state index in [2.05, 4.69) is 37.2 Å². The van der Waals surface area contributed by atoms with Crippen LogP contribution in [0.2, 0.25) is 0 Å². The van der Waals surface area contributed by atoms with Crippen molar-refractivity contribution in [1.82, 2.24) is 4.98 Å². The van der Waals surface area contributed by atoms with E-state index in [0.717, 1.165) is 10.7 Å². The van der Waals surface area contributed by atoms with Gasteiger partial charge in [-0.15, -0.1) is 22.7 Å². The molecule has 0 spiro atoms. The standard InChI is InChI=1S/C12H16N2S2/c1-7-4-5-15-11(7)12-14-9(3)10(16-12)8(2)6-13/h4-5,8H,6,13H2,1-3H3. The molecule has 0 aliphatic carbocycles. The Kier molecular flexibility index (Phi) is 3.42. The molecule has 0 aliphatic rings. The zero-order chi connectivity index (χ0) is 11.7. The predicted molar refractivity (Wildman–Crippen MR) is 72.4 cm³/mol. The number of hydrogen-bond donors (Lipinski definition) is 1. The van der Waals surface area contributed by atoms with E-state index in [9.17, 15) is 0 Å². The molecule has 1 atom stereocenters.